The summed E-state index contributed by atoms with van der Waals surface area (Å²) < 4.78 is 16.2. The van der Waals surface area contributed by atoms with Gasteiger partial charge in [0.2, 0.25) is 0 Å². The monoisotopic (exact) mass is 370 g/mol. The Morgan fingerprint density at radius 2 is 2.00 bits per heavy atom. The van der Waals surface area contributed by atoms with Crippen LogP contribution in [0.15, 0.2) is 58.3 Å². The van der Waals surface area contributed by atoms with Crippen molar-refractivity contribution >= 4 is 12.0 Å². The van der Waals surface area contributed by atoms with Crippen molar-refractivity contribution in [3.63, 3.8) is 0 Å². The Labute approximate surface area is 157 Å². The van der Waals surface area contributed by atoms with E-state index < -0.39 is 12.0 Å². The Kier molecular flexibility index (Phi) is 5.21. The lowest BCUT2D eigenvalue weighted by Gasteiger charge is -2.38. The first kappa shape index (κ1) is 18.6. The van der Waals surface area contributed by atoms with Crippen LogP contribution in [0.5, 0.6) is 5.75 Å². The summed E-state index contributed by atoms with van der Waals surface area (Å²) in [6, 6.07) is 9.91. The van der Waals surface area contributed by atoms with Gasteiger partial charge in [0.1, 0.15) is 24.2 Å². The summed E-state index contributed by atoms with van der Waals surface area (Å²) >= 11 is 0. The van der Waals surface area contributed by atoms with Crippen molar-refractivity contribution in [2.75, 3.05) is 21.2 Å². The summed E-state index contributed by atoms with van der Waals surface area (Å²) in [7, 11) is 4.84. The van der Waals surface area contributed by atoms with Gasteiger partial charge < -0.3 is 23.7 Å². The minimum absolute atomic E-state index is 0.0963. The number of amides is 2. The molecular formula is C20H22N2O5. The molecule has 0 spiro atoms. The number of urea groups is 1. The molecule has 0 radical (unpaired) electrons. The van der Waals surface area contributed by atoms with Crippen molar-refractivity contribution in [1.82, 2.24) is 9.80 Å². The van der Waals surface area contributed by atoms with E-state index in [1.807, 2.05) is 18.2 Å². The first-order valence-corrected chi connectivity index (χ1v) is 8.48. The minimum Gasteiger partial charge on any atom is -0.497 e. The van der Waals surface area contributed by atoms with Crippen LogP contribution in [-0.4, -0.2) is 43.0 Å². The zero-order chi connectivity index (χ0) is 19.6. The highest BCUT2D eigenvalue weighted by Gasteiger charge is 2.40. The van der Waals surface area contributed by atoms with Gasteiger partial charge in [-0.05, 0) is 36.8 Å². The fourth-order valence-electron chi connectivity index (χ4n) is 3.09. The van der Waals surface area contributed by atoms with E-state index in [4.69, 9.17) is 13.9 Å². The van der Waals surface area contributed by atoms with E-state index >= 15 is 0 Å². The Morgan fingerprint density at radius 3 is 2.67 bits per heavy atom. The molecule has 7 nitrogen and oxygen atoms in total. The van der Waals surface area contributed by atoms with Gasteiger partial charge in [0.15, 0.2) is 0 Å². The van der Waals surface area contributed by atoms with Crippen LogP contribution in [0.25, 0.3) is 0 Å². The molecule has 0 N–H and O–H groups in total. The summed E-state index contributed by atoms with van der Waals surface area (Å²) in [5, 5.41) is 0. The molecule has 1 aliphatic rings. The van der Waals surface area contributed by atoms with E-state index in [2.05, 4.69) is 0 Å². The van der Waals surface area contributed by atoms with Crippen LogP contribution in [0.4, 0.5) is 4.79 Å². The molecule has 3 rings (SSSR count). The summed E-state index contributed by atoms with van der Waals surface area (Å²) in [5.74, 6) is 0.699. The van der Waals surface area contributed by atoms with Gasteiger partial charge in [-0.15, -0.1) is 0 Å². The van der Waals surface area contributed by atoms with Gasteiger partial charge in [0.25, 0.3) is 0 Å². The maximum Gasteiger partial charge on any atom is 0.338 e. The van der Waals surface area contributed by atoms with Gasteiger partial charge >= 0.3 is 12.0 Å². The Bertz CT molecular complexity index is 872. The molecule has 2 amide bonds. The van der Waals surface area contributed by atoms with E-state index in [-0.39, 0.29) is 12.6 Å². The molecule has 1 atom stereocenters. The average Bonchev–Trinajstić information content (AvgIpc) is 3.21. The van der Waals surface area contributed by atoms with Crippen LogP contribution >= 0.6 is 0 Å². The number of benzene rings is 1. The largest absolute Gasteiger partial charge is 0.497 e. The normalized spacial score (nSPS) is 17.3. The summed E-state index contributed by atoms with van der Waals surface area (Å²) in [4.78, 5) is 28.3. The van der Waals surface area contributed by atoms with Gasteiger partial charge in [-0.1, -0.05) is 12.1 Å². The molecule has 142 valence electrons. The zero-order valence-corrected chi connectivity index (χ0v) is 15.8. The van der Waals surface area contributed by atoms with Gasteiger partial charge in [-0.3, -0.25) is 0 Å². The van der Waals surface area contributed by atoms with Crippen molar-refractivity contribution in [3.05, 3.63) is 65.3 Å². The predicted molar refractivity (Wildman–Crippen MR) is 97.9 cm³/mol. The maximum atomic E-state index is 12.9. The van der Waals surface area contributed by atoms with Gasteiger partial charge in [-0.2, -0.15) is 0 Å². The third-order valence-electron chi connectivity index (χ3n) is 4.68. The molecule has 27 heavy (non-hydrogen) atoms. The number of allylic oxidation sites excluding steroid dienone is 1. The molecule has 2 heterocycles. The number of hydrogen-bond acceptors (Lipinski definition) is 5. The highest BCUT2D eigenvalue weighted by molar-refractivity contribution is 5.94. The smallest absolute Gasteiger partial charge is 0.338 e. The van der Waals surface area contributed by atoms with Crippen molar-refractivity contribution in [2.45, 2.75) is 19.6 Å². The quantitative estimate of drug-likeness (QED) is 0.755. The molecule has 1 aromatic heterocycles. The second kappa shape index (κ2) is 7.57. The van der Waals surface area contributed by atoms with E-state index in [9.17, 15) is 9.59 Å². The summed E-state index contributed by atoms with van der Waals surface area (Å²) in [5.41, 5.74) is 1.72. The van der Waals surface area contributed by atoms with E-state index in [0.29, 0.717) is 22.8 Å². The fraction of sp³-hybridized carbons (Fsp3) is 0.300. The average molecular weight is 370 g/mol. The SMILES string of the molecule is COc1cccc(COC(=O)C2=C(C)N(C)C(=O)N(C)C2c2ccco2)c1. The van der Waals surface area contributed by atoms with Crippen LogP contribution < -0.4 is 4.74 Å². The molecule has 0 bridgehead atoms. The number of nitrogens with zero attached hydrogens (tertiary/aromatic N) is 2. The number of rotatable bonds is 5. The molecule has 1 unspecified atom stereocenters. The van der Waals surface area contributed by atoms with Crippen LogP contribution in [0, 0.1) is 0 Å². The van der Waals surface area contributed by atoms with E-state index in [1.54, 1.807) is 46.3 Å². The number of carbonyl (C=O) groups is 2. The highest BCUT2D eigenvalue weighted by Crippen LogP contribution is 2.36. The molecule has 0 fully saturated rings. The number of furan rings is 1. The van der Waals surface area contributed by atoms with Crippen LogP contribution in [0.2, 0.25) is 0 Å². The van der Waals surface area contributed by atoms with Crippen molar-refractivity contribution in [3.8, 4) is 5.75 Å². The van der Waals surface area contributed by atoms with Crippen molar-refractivity contribution in [2.24, 2.45) is 0 Å². The highest BCUT2D eigenvalue weighted by atomic mass is 16.5. The van der Waals surface area contributed by atoms with Crippen LogP contribution in [0.3, 0.4) is 0 Å². The molecule has 1 aliphatic heterocycles. The molecular weight excluding hydrogens is 348 g/mol. The maximum absolute atomic E-state index is 12.9. The van der Waals surface area contributed by atoms with Gasteiger partial charge in [-0.25, -0.2) is 9.59 Å². The predicted octanol–water partition coefficient (Wildman–Crippen LogP) is 3.34. The molecule has 2 aromatic rings. The number of esters is 1. The number of likely N-dealkylation sites (N-methyl/N-ethyl adjacent to an activating group) is 1. The van der Waals surface area contributed by atoms with E-state index in [0.717, 1.165) is 5.56 Å². The summed E-state index contributed by atoms with van der Waals surface area (Å²) in [6.07, 6.45) is 1.51. The number of carbonyl (C=O) groups excluding carboxylic acids is 2. The van der Waals surface area contributed by atoms with Crippen molar-refractivity contribution < 1.29 is 23.5 Å². The third-order valence-corrected chi connectivity index (χ3v) is 4.68. The third kappa shape index (κ3) is 3.53. The Morgan fingerprint density at radius 1 is 1.22 bits per heavy atom. The lowest BCUT2D eigenvalue weighted by Crippen LogP contribution is -2.47. The molecule has 0 aliphatic carbocycles. The standard InChI is InChI=1S/C20H22N2O5/c1-13-17(19(23)27-12-14-7-5-8-15(11-14)25-4)18(16-9-6-10-26-16)22(3)20(24)21(13)2/h5-11,18H,12H2,1-4H3. The lowest BCUT2D eigenvalue weighted by molar-refractivity contribution is -0.141. The number of ether oxygens (including phenoxy) is 2. The fourth-order valence-corrected chi connectivity index (χ4v) is 3.09. The first-order chi connectivity index (χ1) is 12.9. The Balaban J connectivity index is 1.88. The van der Waals surface area contributed by atoms with Crippen molar-refractivity contribution in [1.29, 1.82) is 0 Å². The Hall–Kier alpha value is -3.22. The van der Waals surface area contributed by atoms with Gasteiger partial charge in [0, 0.05) is 19.8 Å². The second-order valence-corrected chi connectivity index (χ2v) is 6.30. The molecule has 1 aromatic carbocycles. The summed E-state index contributed by atoms with van der Waals surface area (Å²) in [6.45, 7) is 1.82. The van der Waals surface area contributed by atoms with Crippen LogP contribution in [-0.2, 0) is 16.1 Å². The second-order valence-electron chi connectivity index (χ2n) is 6.30. The topological polar surface area (TPSA) is 72.2 Å². The molecule has 0 saturated heterocycles. The lowest BCUT2D eigenvalue weighted by atomic mass is 9.98. The zero-order valence-electron chi connectivity index (χ0n) is 15.8. The first-order valence-electron chi connectivity index (χ1n) is 8.48. The minimum atomic E-state index is -0.637. The van der Waals surface area contributed by atoms with Gasteiger partial charge in [0.05, 0.1) is 18.9 Å². The molecule has 0 saturated carbocycles. The molecule has 7 heteroatoms. The van der Waals surface area contributed by atoms with E-state index in [1.165, 1.54) is 16.1 Å². The van der Waals surface area contributed by atoms with Crippen LogP contribution in [0.1, 0.15) is 24.3 Å². The number of hydrogen-bond donors (Lipinski definition) is 0. The number of methoxy groups -OCH3 is 1.